The first kappa shape index (κ1) is 12.4. The number of amides is 1. The van der Waals surface area contributed by atoms with Gasteiger partial charge in [-0.2, -0.15) is 0 Å². The minimum atomic E-state index is -0.521. The van der Waals surface area contributed by atoms with Crippen molar-refractivity contribution in [1.82, 2.24) is 5.64 Å². The molecule has 1 amide bonds. The van der Waals surface area contributed by atoms with E-state index in [2.05, 4.69) is 20.5 Å². The van der Waals surface area contributed by atoms with Crippen LogP contribution in [0.3, 0.4) is 0 Å². The summed E-state index contributed by atoms with van der Waals surface area (Å²) >= 11 is 0. The van der Waals surface area contributed by atoms with Crippen LogP contribution in [0.25, 0.3) is 0 Å². The number of hydrogen-bond donors (Lipinski definition) is 2. The van der Waals surface area contributed by atoms with Crippen molar-refractivity contribution in [1.29, 1.82) is 0 Å². The van der Waals surface area contributed by atoms with Gasteiger partial charge in [-0.15, -0.1) is 0 Å². The third-order valence-electron chi connectivity index (χ3n) is 1.81. The van der Waals surface area contributed by atoms with Gasteiger partial charge in [-0.25, -0.2) is 4.79 Å². The van der Waals surface area contributed by atoms with Crippen LogP contribution in [0.1, 0.15) is 5.56 Å². The van der Waals surface area contributed by atoms with Crippen LogP contribution < -0.4 is 11.0 Å². The van der Waals surface area contributed by atoms with Gasteiger partial charge in [-0.1, -0.05) is 23.8 Å². The van der Waals surface area contributed by atoms with Crippen molar-refractivity contribution in [2.24, 2.45) is 0 Å². The number of ether oxygens (including phenoxy) is 1. The lowest BCUT2D eigenvalue weighted by molar-refractivity contribution is -0.159. The van der Waals surface area contributed by atoms with Crippen molar-refractivity contribution in [3.8, 4) is 0 Å². The lowest BCUT2D eigenvalue weighted by Gasteiger charge is -2.10. The summed E-state index contributed by atoms with van der Waals surface area (Å²) in [6.07, 6.45) is -0.521. The molecule has 0 saturated carbocycles. The van der Waals surface area contributed by atoms with Gasteiger partial charge in [0.05, 0.1) is 20.8 Å². The Morgan fingerprint density at radius 1 is 1.31 bits per heavy atom. The maximum absolute atomic E-state index is 11.0. The van der Waals surface area contributed by atoms with Gasteiger partial charge in [-0.05, 0) is 6.07 Å². The number of nitrogens with one attached hydrogen (secondary N) is 2. The fourth-order valence-electron chi connectivity index (χ4n) is 1.10. The third-order valence-corrected chi connectivity index (χ3v) is 1.81. The van der Waals surface area contributed by atoms with Gasteiger partial charge in [0, 0.05) is 11.3 Å². The Bertz CT molecular complexity index is 343. The maximum atomic E-state index is 11.0. The predicted molar refractivity (Wildman–Crippen MR) is 57.4 cm³/mol. The second-order valence-corrected chi connectivity index (χ2v) is 2.85. The summed E-state index contributed by atoms with van der Waals surface area (Å²) in [6, 6.07) is 7.22. The molecule has 0 heterocycles. The molecule has 1 aromatic rings. The molecule has 1 aromatic carbocycles. The number of carbonyl (C=O) groups is 1. The summed E-state index contributed by atoms with van der Waals surface area (Å²) in [6.45, 7) is 0.258. The van der Waals surface area contributed by atoms with Crippen molar-refractivity contribution < 1.29 is 19.2 Å². The number of methoxy groups -OCH3 is 1. The van der Waals surface area contributed by atoms with Crippen LogP contribution in [0.15, 0.2) is 24.3 Å². The van der Waals surface area contributed by atoms with E-state index in [1.807, 2.05) is 12.1 Å². The minimum absolute atomic E-state index is 0.258. The Kier molecular flexibility index (Phi) is 5.27. The lowest BCUT2D eigenvalue weighted by Crippen LogP contribution is -2.15. The summed E-state index contributed by atoms with van der Waals surface area (Å²) in [5.41, 5.74) is 3.68. The van der Waals surface area contributed by atoms with Crippen LogP contribution in [-0.2, 0) is 21.0 Å². The fourth-order valence-corrected chi connectivity index (χ4v) is 1.10. The minimum Gasteiger partial charge on any atom is -0.453 e. The molecular weight excluding hydrogens is 212 g/mol. The first-order chi connectivity index (χ1) is 7.77. The molecule has 0 aliphatic heterocycles. The molecule has 0 fully saturated rings. The Balaban J connectivity index is 2.63. The summed E-state index contributed by atoms with van der Waals surface area (Å²) in [4.78, 5) is 20.5. The zero-order valence-corrected chi connectivity index (χ0v) is 9.15. The van der Waals surface area contributed by atoms with E-state index in [0.717, 1.165) is 5.56 Å². The highest BCUT2D eigenvalue weighted by molar-refractivity contribution is 5.85. The van der Waals surface area contributed by atoms with E-state index >= 15 is 0 Å². The molecule has 0 spiro atoms. The highest BCUT2D eigenvalue weighted by Gasteiger charge is 2.05. The summed E-state index contributed by atoms with van der Waals surface area (Å²) < 4.78 is 4.50. The molecule has 2 N–H and O–H groups in total. The molecule has 6 nitrogen and oxygen atoms in total. The quantitative estimate of drug-likeness (QED) is 0.587. The Morgan fingerprint density at radius 3 is 2.75 bits per heavy atom. The van der Waals surface area contributed by atoms with Crippen LogP contribution in [0.4, 0.5) is 10.5 Å². The lowest BCUT2D eigenvalue weighted by atomic mass is 10.2. The summed E-state index contributed by atoms with van der Waals surface area (Å²) in [5.74, 6) is 0. The molecule has 0 bridgehead atoms. The zero-order valence-electron chi connectivity index (χ0n) is 9.15. The van der Waals surface area contributed by atoms with E-state index in [1.165, 1.54) is 14.2 Å². The average Bonchev–Trinajstić information content (AvgIpc) is 2.31. The second-order valence-electron chi connectivity index (χ2n) is 2.85. The molecule has 0 aromatic heterocycles. The molecule has 0 aliphatic rings. The van der Waals surface area contributed by atoms with Gasteiger partial charge in [0.25, 0.3) is 0 Å². The topological polar surface area (TPSA) is 68.8 Å². The largest absolute Gasteiger partial charge is 0.453 e. The first-order valence-corrected chi connectivity index (χ1v) is 4.60. The molecule has 0 atom stereocenters. The van der Waals surface area contributed by atoms with Crippen LogP contribution in [-0.4, -0.2) is 20.3 Å². The van der Waals surface area contributed by atoms with Gasteiger partial charge in [0.1, 0.15) is 0 Å². The normalized spacial score (nSPS) is 9.88. The average molecular weight is 226 g/mol. The van der Waals surface area contributed by atoms with Gasteiger partial charge in [0.2, 0.25) is 0 Å². The second kappa shape index (κ2) is 6.78. The Morgan fingerprint density at radius 2 is 2.06 bits per heavy atom. The summed E-state index contributed by atoms with van der Waals surface area (Å²) in [7, 11) is 2.75. The van der Waals surface area contributed by atoms with E-state index < -0.39 is 6.09 Å². The van der Waals surface area contributed by atoms with Gasteiger partial charge < -0.3 is 4.74 Å². The van der Waals surface area contributed by atoms with Crippen molar-refractivity contribution >= 4 is 11.8 Å². The van der Waals surface area contributed by atoms with Crippen LogP contribution >= 0.6 is 0 Å². The number of carbonyl (C=O) groups excluding carboxylic acids is 1. The number of hydrogen-bond acceptors (Lipinski definition) is 5. The highest BCUT2D eigenvalue weighted by Crippen LogP contribution is 2.15. The first-order valence-electron chi connectivity index (χ1n) is 4.60. The van der Waals surface area contributed by atoms with E-state index in [4.69, 9.17) is 4.84 Å². The van der Waals surface area contributed by atoms with E-state index in [1.54, 1.807) is 12.1 Å². The van der Waals surface area contributed by atoms with E-state index in [-0.39, 0.29) is 6.61 Å². The van der Waals surface area contributed by atoms with E-state index in [9.17, 15) is 4.79 Å². The molecule has 0 aliphatic carbocycles. The molecule has 1 rings (SSSR count). The standard InChI is InChI=1S/C10H14N2O4/c1-14-10(13)11-9-6-4-3-5-8(9)7-16-12-15-2/h3-6,12H,7H2,1-2H3,(H,11,13). The predicted octanol–water partition coefficient (Wildman–Crippen LogP) is 1.45. The smallest absolute Gasteiger partial charge is 0.411 e. The fraction of sp³-hybridized carbons (Fsp3) is 0.300. The maximum Gasteiger partial charge on any atom is 0.411 e. The van der Waals surface area contributed by atoms with Gasteiger partial charge >= 0.3 is 6.09 Å². The number of anilines is 1. The third kappa shape index (κ3) is 3.85. The molecule has 6 heteroatoms. The van der Waals surface area contributed by atoms with Crippen LogP contribution in [0, 0.1) is 0 Å². The Hall–Kier alpha value is -1.63. The van der Waals surface area contributed by atoms with Crippen molar-refractivity contribution in [3.05, 3.63) is 29.8 Å². The molecule has 0 radical (unpaired) electrons. The van der Waals surface area contributed by atoms with E-state index in [0.29, 0.717) is 5.69 Å². The monoisotopic (exact) mass is 226 g/mol. The molecule has 88 valence electrons. The number of benzene rings is 1. The summed E-state index contributed by atoms with van der Waals surface area (Å²) in [5, 5.41) is 2.58. The molecular formula is C10H14N2O4. The number of para-hydroxylation sites is 1. The highest BCUT2D eigenvalue weighted by atomic mass is 16.9. The Labute approximate surface area is 93.4 Å². The number of rotatable bonds is 5. The molecule has 0 saturated heterocycles. The molecule has 0 unspecified atom stereocenters. The van der Waals surface area contributed by atoms with Crippen molar-refractivity contribution in [3.63, 3.8) is 0 Å². The zero-order chi connectivity index (χ0) is 11.8. The van der Waals surface area contributed by atoms with Gasteiger partial charge in [0.15, 0.2) is 0 Å². The van der Waals surface area contributed by atoms with Gasteiger partial charge in [-0.3, -0.25) is 15.0 Å². The van der Waals surface area contributed by atoms with Crippen LogP contribution in [0.5, 0.6) is 0 Å². The van der Waals surface area contributed by atoms with Crippen molar-refractivity contribution in [2.45, 2.75) is 6.61 Å². The SMILES string of the molecule is CONOCc1ccccc1NC(=O)OC. The molecule has 16 heavy (non-hydrogen) atoms. The van der Waals surface area contributed by atoms with Crippen molar-refractivity contribution in [2.75, 3.05) is 19.5 Å². The van der Waals surface area contributed by atoms with Crippen LogP contribution in [0.2, 0.25) is 0 Å².